The van der Waals surface area contributed by atoms with Crippen molar-refractivity contribution in [2.24, 2.45) is 0 Å². The summed E-state index contributed by atoms with van der Waals surface area (Å²) >= 11 is 0. The van der Waals surface area contributed by atoms with Gasteiger partial charge in [-0.25, -0.2) is 14.8 Å². The van der Waals surface area contributed by atoms with E-state index in [1.165, 1.54) is 101 Å². The number of anilines is 1. The number of ether oxygens (including phenoxy) is 2. The summed E-state index contributed by atoms with van der Waals surface area (Å²) in [6.45, 7) is 3.73. The molecule has 0 spiro atoms. The third-order valence-corrected chi connectivity index (χ3v) is 10.8. The highest BCUT2D eigenvalue weighted by Crippen LogP contribution is 2.49. The largest absolute Gasteiger partial charge is 0.756 e. The predicted octanol–water partition coefficient (Wildman–Crippen LogP) is 5.39. The van der Waals surface area contributed by atoms with E-state index in [0.717, 1.165) is 19.3 Å². The van der Waals surface area contributed by atoms with Crippen LogP contribution in [0.1, 0.15) is 142 Å². The fourth-order valence-corrected chi connectivity index (χ4v) is 8.08. The van der Waals surface area contributed by atoms with Gasteiger partial charge in [0.25, 0.3) is 13.4 Å². The molecule has 3 aromatic rings. The highest BCUT2D eigenvalue weighted by atomic mass is 31.2. The summed E-state index contributed by atoms with van der Waals surface area (Å²) in [6.07, 6.45) is 18.5. The number of imidazole rings is 1. The molecule has 17 heteroatoms. The van der Waals surface area contributed by atoms with E-state index in [9.17, 15) is 28.7 Å². The number of carbonyl (C=O) groups is 1. The Kier molecular flexibility index (Phi) is 14.3. The average Bonchev–Trinajstić information content (AvgIpc) is 3.87. The van der Waals surface area contributed by atoms with Crippen molar-refractivity contribution in [1.82, 2.24) is 29.1 Å². The minimum absolute atomic E-state index is 0.134. The van der Waals surface area contributed by atoms with Crippen molar-refractivity contribution in [3.63, 3.8) is 0 Å². The van der Waals surface area contributed by atoms with Gasteiger partial charge in [-0.2, -0.15) is 4.98 Å². The van der Waals surface area contributed by atoms with E-state index >= 15 is 0 Å². The lowest BCUT2D eigenvalue weighted by molar-refractivity contribution is -0.251. The molecule has 3 N–H and O–H groups in total. The molecule has 2 saturated heterocycles. The first-order chi connectivity index (χ1) is 25.0. The Morgan fingerprint density at radius 3 is 2.12 bits per heavy atom. The lowest BCUT2D eigenvalue weighted by atomic mass is 9.89. The van der Waals surface area contributed by atoms with E-state index in [1.54, 1.807) is 4.57 Å². The van der Waals surface area contributed by atoms with Gasteiger partial charge in [-0.1, -0.05) is 84.0 Å². The first kappa shape index (κ1) is 39.9. The van der Waals surface area contributed by atoms with Crippen LogP contribution in [0.15, 0.2) is 34.5 Å². The second-order valence-electron chi connectivity index (χ2n) is 14.2. The number of phosphoric ester groups is 1. The molecule has 2 aliphatic heterocycles. The SMILES string of the molecule is CCCCCCCCCCCCCCCC(=O)Nc1ccn(C2CCC(C(C)(OP(=O)([O-])O)C3CCC(n4cnc5c(=O)[nH]cnc54)O3)O2)c(=O)n1. The van der Waals surface area contributed by atoms with Gasteiger partial charge in [0.2, 0.25) is 5.91 Å². The minimum Gasteiger partial charge on any atom is -0.756 e. The van der Waals surface area contributed by atoms with E-state index in [0.29, 0.717) is 31.3 Å². The molecule has 288 valence electrons. The smallest absolute Gasteiger partial charge is 0.351 e. The molecule has 0 radical (unpaired) electrons. The second-order valence-corrected chi connectivity index (χ2v) is 15.3. The number of nitrogens with zero attached hydrogens (tertiary/aromatic N) is 5. The molecule has 0 aromatic carbocycles. The zero-order valence-electron chi connectivity index (χ0n) is 30.2. The number of H-pyrrole nitrogens is 1. The predicted molar refractivity (Wildman–Crippen MR) is 191 cm³/mol. The van der Waals surface area contributed by atoms with Crippen molar-refractivity contribution in [3.8, 4) is 0 Å². The zero-order chi connectivity index (χ0) is 37.1. The fraction of sp³-hybridized carbons (Fsp3) is 0.714. The zero-order valence-corrected chi connectivity index (χ0v) is 31.1. The average molecular weight is 747 g/mol. The molecule has 16 nitrogen and oxygen atoms in total. The van der Waals surface area contributed by atoms with Crippen LogP contribution in [-0.4, -0.2) is 57.7 Å². The molecule has 6 atom stereocenters. The van der Waals surface area contributed by atoms with E-state index < -0.39 is 49.3 Å². The number of unbranched alkanes of at least 4 members (excludes halogenated alkanes) is 12. The van der Waals surface area contributed by atoms with Crippen LogP contribution in [0.3, 0.4) is 0 Å². The molecule has 0 bridgehead atoms. The molecular weight excluding hydrogens is 693 g/mol. The number of phosphoric acid groups is 1. The molecule has 52 heavy (non-hydrogen) atoms. The highest BCUT2D eigenvalue weighted by Gasteiger charge is 2.52. The topological polar surface area (TPSA) is 216 Å². The lowest BCUT2D eigenvalue weighted by Crippen LogP contribution is -2.51. The molecule has 3 aromatic heterocycles. The van der Waals surface area contributed by atoms with Crippen LogP contribution in [0.25, 0.3) is 11.2 Å². The maximum atomic E-state index is 13.0. The Morgan fingerprint density at radius 1 is 0.962 bits per heavy atom. The molecule has 1 amide bonds. The Hall–Kier alpha value is -3.27. The highest BCUT2D eigenvalue weighted by molar-refractivity contribution is 7.44. The maximum absolute atomic E-state index is 13.0. The number of hydrogen-bond donors (Lipinski definition) is 3. The Bertz CT molecular complexity index is 1770. The van der Waals surface area contributed by atoms with E-state index in [-0.39, 0.29) is 23.7 Å². The number of nitrogens with one attached hydrogen (secondary N) is 2. The quantitative estimate of drug-likeness (QED) is 0.0924. The standard InChI is InChI=1S/C35H54N7O9P/c1-3-4-5-6-7-8-9-10-11-12-13-14-15-16-28(43)39-27-21-22-41(34(45)40-27)29-19-17-25(49-29)35(2,51-52(46,47)48)26-18-20-30(50-26)42-24-38-31-32(42)36-23-37-33(31)44/h21-26,29-30H,3-20H2,1-2H3,(H,36,37,44)(H2,46,47,48)(H,39,40,43,45)/p-1. The first-order valence-electron chi connectivity index (χ1n) is 18.8. The van der Waals surface area contributed by atoms with Gasteiger partial charge in [0.15, 0.2) is 11.2 Å². The number of carbonyl (C=O) groups excluding carboxylic acids is 1. The summed E-state index contributed by atoms with van der Waals surface area (Å²) in [4.78, 5) is 74.4. The molecule has 5 rings (SSSR count). The van der Waals surface area contributed by atoms with Crippen molar-refractivity contribution in [2.75, 3.05) is 5.32 Å². The summed E-state index contributed by atoms with van der Waals surface area (Å²) in [5, 5.41) is 2.71. The van der Waals surface area contributed by atoms with Crippen LogP contribution < -0.4 is 21.5 Å². The minimum atomic E-state index is -5.27. The van der Waals surface area contributed by atoms with E-state index in [4.69, 9.17) is 14.0 Å². The van der Waals surface area contributed by atoms with Crippen molar-refractivity contribution in [1.29, 1.82) is 0 Å². The van der Waals surface area contributed by atoms with Crippen molar-refractivity contribution in [2.45, 2.75) is 160 Å². The van der Waals surface area contributed by atoms with Crippen LogP contribution >= 0.6 is 7.82 Å². The summed E-state index contributed by atoms with van der Waals surface area (Å²) < 4.78 is 32.7. The van der Waals surface area contributed by atoms with Gasteiger partial charge in [0.1, 0.15) is 23.9 Å². The molecule has 0 saturated carbocycles. The number of rotatable bonds is 21. The molecular formula is C35H53N7O9P-. The van der Waals surface area contributed by atoms with Crippen molar-refractivity contribution < 1.29 is 33.1 Å². The van der Waals surface area contributed by atoms with Crippen molar-refractivity contribution in [3.05, 3.63) is 45.8 Å². The Morgan fingerprint density at radius 2 is 1.54 bits per heavy atom. The summed E-state index contributed by atoms with van der Waals surface area (Å²) in [5.41, 5.74) is -2.29. The van der Waals surface area contributed by atoms with Crippen LogP contribution in [0.4, 0.5) is 5.82 Å². The van der Waals surface area contributed by atoms with Gasteiger partial charge >= 0.3 is 5.69 Å². The molecule has 2 aliphatic rings. The van der Waals surface area contributed by atoms with Crippen molar-refractivity contribution >= 4 is 30.7 Å². The summed E-state index contributed by atoms with van der Waals surface area (Å²) in [5.74, 6) is -0.0601. The molecule has 0 aliphatic carbocycles. The second kappa shape index (κ2) is 18.7. The molecule has 2 fully saturated rings. The number of hydrogen-bond acceptors (Lipinski definition) is 11. The fourth-order valence-electron chi connectivity index (χ4n) is 7.35. The van der Waals surface area contributed by atoms with Gasteiger partial charge in [-0.3, -0.25) is 23.3 Å². The lowest BCUT2D eigenvalue weighted by Gasteiger charge is -2.41. The van der Waals surface area contributed by atoms with Gasteiger partial charge in [-0.15, -0.1) is 0 Å². The first-order valence-corrected chi connectivity index (χ1v) is 20.3. The van der Waals surface area contributed by atoms with Gasteiger partial charge in [0.05, 0.1) is 24.9 Å². The van der Waals surface area contributed by atoms with Gasteiger partial charge < -0.3 is 34.1 Å². The summed E-state index contributed by atoms with van der Waals surface area (Å²) in [7, 11) is -5.27. The van der Waals surface area contributed by atoms with Crippen LogP contribution in [0.5, 0.6) is 0 Å². The third-order valence-electron chi connectivity index (χ3n) is 10.2. The Labute approximate surface area is 303 Å². The maximum Gasteiger partial charge on any atom is 0.351 e. The van der Waals surface area contributed by atoms with Gasteiger partial charge in [0, 0.05) is 12.6 Å². The Balaban J connectivity index is 1.09. The number of aromatic amines is 1. The monoisotopic (exact) mass is 746 g/mol. The molecule has 5 heterocycles. The number of fused-ring (bicyclic) bond motifs is 1. The van der Waals surface area contributed by atoms with E-state index in [1.807, 2.05) is 0 Å². The van der Waals surface area contributed by atoms with E-state index in [2.05, 4.69) is 32.2 Å². The van der Waals surface area contributed by atoms with Gasteiger partial charge in [-0.05, 0) is 45.1 Å². The number of amides is 1. The summed E-state index contributed by atoms with van der Waals surface area (Å²) in [6, 6.07) is 1.52. The van der Waals surface area contributed by atoms with Crippen LogP contribution in [0.2, 0.25) is 0 Å². The molecule has 6 unspecified atom stereocenters. The van der Waals surface area contributed by atoms with Crippen LogP contribution in [0, 0.1) is 0 Å². The van der Waals surface area contributed by atoms with Crippen LogP contribution in [-0.2, 0) is 23.4 Å². The third kappa shape index (κ3) is 10.7. The normalized spacial score (nSPS) is 22.8. The number of aromatic nitrogens is 6.